The molecule has 3 rings (SSSR count). The summed E-state index contributed by atoms with van der Waals surface area (Å²) in [6, 6.07) is 11.9. The molecule has 11 heteroatoms. The second-order valence-corrected chi connectivity index (χ2v) is 7.23. The Balaban J connectivity index is 1.78. The van der Waals surface area contributed by atoms with Gasteiger partial charge in [-0.15, -0.1) is 0 Å². The van der Waals surface area contributed by atoms with E-state index in [9.17, 15) is 18.5 Å². The van der Waals surface area contributed by atoms with Crippen LogP contribution in [0.3, 0.4) is 0 Å². The van der Waals surface area contributed by atoms with E-state index in [4.69, 9.17) is 4.42 Å². The molecule has 144 valence electrons. The normalized spacial score (nSPS) is 11.6. The van der Waals surface area contributed by atoms with E-state index in [0.29, 0.717) is 11.5 Å². The van der Waals surface area contributed by atoms with Gasteiger partial charge in [0.05, 0.1) is 34.5 Å². The van der Waals surface area contributed by atoms with Crippen molar-refractivity contribution >= 4 is 27.6 Å². The average molecular weight is 401 g/mol. The summed E-state index contributed by atoms with van der Waals surface area (Å²) < 4.78 is 32.1. The lowest BCUT2D eigenvalue weighted by Gasteiger charge is -2.07. The van der Waals surface area contributed by atoms with Gasteiger partial charge in [0.25, 0.3) is 5.69 Å². The second-order valence-electron chi connectivity index (χ2n) is 5.46. The fraction of sp³-hybridized carbons (Fsp3) is 0.0588. The summed E-state index contributed by atoms with van der Waals surface area (Å²) in [7, 11) is -3.96. The van der Waals surface area contributed by atoms with Gasteiger partial charge in [-0.05, 0) is 36.4 Å². The summed E-state index contributed by atoms with van der Waals surface area (Å²) in [5.41, 5.74) is 2.70. The number of rotatable bonds is 8. The zero-order chi connectivity index (χ0) is 20.0. The summed E-state index contributed by atoms with van der Waals surface area (Å²) in [6.45, 7) is -0.0719. The molecule has 1 aromatic carbocycles. The molecule has 0 saturated heterocycles. The predicted molar refractivity (Wildman–Crippen MR) is 101 cm³/mol. The van der Waals surface area contributed by atoms with Crippen molar-refractivity contribution < 1.29 is 17.8 Å². The van der Waals surface area contributed by atoms with Crippen LogP contribution in [0.25, 0.3) is 0 Å². The first-order valence-corrected chi connectivity index (χ1v) is 9.44. The third-order valence-electron chi connectivity index (χ3n) is 3.56. The minimum absolute atomic E-state index is 0.0437. The molecule has 0 spiro atoms. The first-order chi connectivity index (χ1) is 13.5. The number of nitro groups is 1. The number of hydrogen-bond donors (Lipinski definition) is 2. The van der Waals surface area contributed by atoms with Gasteiger partial charge in [-0.25, -0.2) is 13.1 Å². The zero-order valence-electron chi connectivity index (χ0n) is 14.3. The number of furan rings is 1. The second kappa shape index (κ2) is 8.41. The number of nitrogens with one attached hydrogen (secondary N) is 2. The van der Waals surface area contributed by atoms with Crippen LogP contribution in [-0.2, 0) is 16.6 Å². The number of hydrazone groups is 1. The third-order valence-corrected chi connectivity index (χ3v) is 4.96. The first-order valence-electron chi connectivity index (χ1n) is 7.96. The molecule has 0 radical (unpaired) electrons. The molecule has 0 aliphatic carbocycles. The summed E-state index contributed by atoms with van der Waals surface area (Å²) in [6.07, 6.45) is 4.39. The zero-order valence-corrected chi connectivity index (χ0v) is 15.2. The molecule has 0 unspecified atom stereocenters. The van der Waals surface area contributed by atoms with E-state index in [1.165, 1.54) is 24.6 Å². The van der Waals surface area contributed by atoms with Gasteiger partial charge in [-0.1, -0.05) is 6.07 Å². The Morgan fingerprint density at radius 1 is 1.21 bits per heavy atom. The minimum Gasteiger partial charge on any atom is -0.468 e. The van der Waals surface area contributed by atoms with E-state index in [-0.39, 0.29) is 17.1 Å². The quantitative estimate of drug-likeness (QED) is 0.336. The predicted octanol–water partition coefficient (Wildman–Crippen LogP) is 2.51. The Morgan fingerprint density at radius 2 is 2.07 bits per heavy atom. The highest BCUT2D eigenvalue weighted by molar-refractivity contribution is 7.89. The number of nitro benzene ring substituents is 1. The average Bonchev–Trinajstić information content (AvgIpc) is 3.21. The summed E-state index contributed by atoms with van der Waals surface area (Å²) in [4.78, 5) is 14.5. The molecular weight excluding hydrogens is 386 g/mol. The Morgan fingerprint density at radius 3 is 2.75 bits per heavy atom. The maximum Gasteiger partial charge on any atom is 0.295 e. The van der Waals surface area contributed by atoms with E-state index in [1.54, 1.807) is 36.5 Å². The van der Waals surface area contributed by atoms with Gasteiger partial charge in [0, 0.05) is 12.3 Å². The molecule has 0 atom stereocenters. The Bertz CT molecular complexity index is 1080. The maximum atomic E-state index is 12.4. The maximum absolute atomic E-state index is 12.4. The number of benzene rings is 1. The highest BCUT2D eigenvalue weighted by Gasteiger charge is 2.21. The van der Waals surface area contributed by atoms with Crippen LogP contribution in [0.5, 0.6) is 0 Å². The molecule has 0 aliphatic rings. The number of nitrogens with zero attached hydrogens (tertiary/aromatic N) is 3. The van der Waals surface area contributed by atoms with Gasteiger partial charge >= 0.3 is 0 Å². The Hall–Kier alpha value is -3.57. The Labute approximate surface area is 160 Å². The van der Waals surface area contributed by atoms with E-state index in [2.05, 4.69) is 20.2 Å². The van der Waals surface area contributed by atoms with Gasteiger partial charge in [-0.2, -0.15) is 5.10 Å². The number of sulfonamides is 1. The lowest BCUT2D eigenvalue weighted by molar-refractivity contribution is -0.384. The lowest BCUT2D eigenvalue weighted by atomic mass is 10.3. The molecule has 28 heavy (non-hydrogen) atoms. The van der Waals surface area contributed by atoms with E-state index < -0.39 is 20.6 Å². The van der Waals surface area contributed by atoms with Crippen LogP contribution < -0.4 is 10.1 Å². The van der Waals surface area contributed by atoms with Crippen molar-refractivity contribution in [2.75, 3.05) is 5.43 Å². The fourth-order valence-corrected chi connectivity index (χ4v) is 3.22. The van der Waals surface area contributed by atoms with E-state index >= 15 is 0 Å². The molecule has 2 heterocycles. The summed E-state index contributed by atoms with van der Waals surface area (Å²) in [5, 5.41) is 15.2. The number of hydrogen-bond acceptors (Lipinski definition) is 8. The molecule has 0 saturated carbocycles. The van der Waals surface area contributed by atoms with Crippen LogP contribution in [0.1, 0.15) is 11.5 Å². The molecule has 0 fully saturated rings. The number of pyridine rings is 1. The molecule has 0 bridgehead atoms. The number of anilines is 1. The van der Waals surface area contributed by atoms with Crippen molar-refractivity contribution in [3.63, 3.8) is 0 Å². The van der Waals surface area contributed by atoms with Crippen molar-refractivity contribution in [2.45, 2.75) is 11.4 Å². The van der Waals surface area contributed by atoms with Crippen molar-refractivity contribution in [1.29, 1.82) is 0 Å². The van der Waals surface area contributed by atoms with Crippen molar-refractivity contribution in [1.82, 2.24) is 9.71 Å². The van der Waals surface area contributed by atoms with Crippen LogP contribution in [0.4, 0.5) is 11.4 Å². The third kappa shape index (κ3) is 4.78. The van der Waals surface area contributed by atoms with E-state index in [0.717, 1.165) is 6.07 Å². The van der Waals surface area contributed by atoms with Crippen LogP contribution in [0.2, 0.25) is 0 Å². The SMILES string of the molecule is O=[N+]([O-])c1cc(S(=O)(=O)NCc2ccco2)ccc1NN=Cc1ccccn1. The largest absolute Gasteiger partial charge is 0.468 e. The van der Waals surface area contributed by atoms with Crippen LogP contribution in [0.15, 0.2) is 75.4 Å². The van der Waals surface area contributed by atoms with Gasteiger partial charge in [0.15, 0.2) is 0 Å². The Kier molecular flexibility index (Phi) is 5.77. The molecule has 2 aromatic heterocycles. The van der Waals surface area contributed by atoms with Crippen LogP contribution in [-0.4, -0.2) is 24.5 Å². The molecule has 3 aromatic rings. The smallest absolute Gasteiger partial charge is 0.295 e. The highest BCUT2D eigenvalue weighted by Crippen LogP contribution is 2.27. The molecular formula is C17H15N5O5S. The minimum atomic E-state index is -3.96. The van der Waals surface area contributed by atoms with Crippen molar-refractivity contribution in [2.24, 2.45) is 5.10 Å². The first kappa shape index (κ1) is 19.2. The summed E-state index contributed by atoms with van der Waals surface area (Å²) in [5.74, 6) is 0.417. The van der Waals surface area contributed by atoms with Gasteiger partial charge < -0.3 is 4.42 Å². The van der Waals surface area contributed by atoms with E-state index in [1.807, 2.05) is 0 Å². The highest BCUT2D eigenvalue weighted by atomic mass is 32.2. The van der Waals surface area contributed by atoms with Gasteiger partial charge in [0.1, 0.15) is 11.4 Å². The standard InChI is InChI=1S/C17H15N5O5S/c23-22(24)17-10-15(28(25,26)20-12-14-5-3-9-27-14)6-7-16(17)21-19-11-13-4-1-2-8-18-13/h1-11,20-21H,12H2. The summed E-state index contributed by atoms with van der Waals surface area (Å²) >= 11 is 0. The van der Waals surface area contributed by atoms with Crippen LogP contribution >= 0.6 is 0 Å². The number of aromatic nitrogens is 1. The fourth-order valence-electron chi connectivity index (χ4n) is 2.21. The topological polar surface area (TPSA) is 140 Å². The van der Waals surface area contributed by atoms with Gasteiger partial charge in [0.2, 0.25) is 10.0 Å². The van der Waals surface area contributed by atoms with Gasteiger partial charge in [-0.3, -0.25) is 20.5 Å². The van der Waals surface area contributed by atoms with Crippen LogP contribution in [0, 0.1) is 10.1 Å². The molecule has 0 aliphatic heterocycles. The van der Waals surface area contributed by atoms with Crippen molar-refractivity contribution in [3.05, 3.63) is 82.6 Å². The lowest BCUT2D eigenvalue weighted by Crippen LogP contribution is -2.23. The molecule has 10 nitrogen and oxygen atoms in total. The van der Waals surface area contributed by atoms with Crippen molar-refractivity contribution in [3.8, 4) is 0 Å². The molecule has 2 N–H and O–H groups in total. The monoisotopic (exact) mass is 401 g/mol. The molecule has 0 amide bonds.